The molecule has 10 heteroatoms. The normalized spacial score (nSPS) is 32.3. The average molecular weight is 428 g/mol. The van der Waals surface area contributed by atoms with Crippen LogP contribution in [0, 0.1) is 29.6 Å². The van der Waals surface area contributed by atoms with Gasteiger partial charge in [0.05, 0.1) is 46.4 Å². The largest absolute Gasteiger partial charge is 0.469 e. The molecule has 1 unspecified atom stereocenters. The van der Waals surface area contributed by atoms with E-state index < -0.39 is 65.4 Å². The minimum absolute atomic E-state index is 0.185. The smallest absolute Gasteiger partial charge is 0.320 e. The van der Waals surface area contributed by atoms with Gasteiger partial charge >= 0.3 is 23.9 Å². The Morgan fingerprint density at radius 1 is 1.03 bits per heavy atom. The second-order valence-electron chi connectivity index (χ2n) is 7.39. The highest BCUT2D eigenvalue weighted by atomic mass is 16.6. The number of allylic oxidation sites excluding steroid dienone is 1. The van der Waals surface area contributed by atoms with E-state index in [9.17, 15) is 24.3 Å². The zero-order valence-corrected chi connectivity index (χ0v) is 17.5. The molecule has 0 saturated carbocycles. The Kier molecular flexibility index (Phi) is 7.59. The number of esters is 4. The Hall–Kier alpha value is -2.46. The van der Waals surface area contributed by atoms with Crippen LogP contribution in [0.25, 0.3) is 0 Å². The average Bonchev–Trinajstić information content (AvgIpc) is 3.04. The van der Waals surface area contributed by atoms with Gasteiger partial charge in [-0.15, -0.1) is 6.58 Å². The Morgan fingerprint density at radius 2 is 1.57 bits per heavy atom. The maximum Gasteiger partial charge on any atom is 0.320 e. The highest BCUT2D eigenvalue weighted by molar-refractivity contribution is 5.95. The molecular formula is C20H28O10. The minimum atomic E-state index is -1.87. The van der Waals surface area contributed by atoms with Crippen molar-refractivity contribution in [3.8, 4) is 0 Å². The number of ether oxygens (including phenoxy) is 5. The second-order valence-corrected chi connectivity index (χ2v) is 7.39. The van der Waals surface area contributed by atoms with E-state index in [2.05, 4.69) is 6.58 Å². The van der Waals surface area contributed by atoms with E-state index in [1.165, 1.54) is 7.11 Å². The molecule has 2 heterocycles. The standard InChI is InChI=1S/C20H28O10/c1-6-7-8-11-13(18(23)28-4)14(19(24)29-5)15-10(9-20(11,25)30-15)12(16(21)26-2)17(22)27-3/h6,10-15,25H,1,7-9H2,2-5H3/t10-,11?,13+,14-,15+,20-/m1/s1. The van der Waals surface area contributed by atoms with Crippen LogP contribution >= 0.6 is 0 Å². The van der Waals surface area contributed by atoms with Crippen LogP contribution in [0.3, 0.4) is 0 Å². The Morgan fingerprint density at radius 3 is 2.03 bits per heavy atom. The molecule has 0 amide bonds. The van der Waals surface area contributed by atoms with Gasteiger partial charge < -0.3 is 28.8 Å². The Bertz CT molecular complexity index is 688. The third-order valence-electron chi connectivity index (χ3n) is 6.01. The summed E-state index contributed by atoms with van der Waals surface area (Å²) in [6.45, 7) is 3.65. The number of carbonyl (C=O) groups is 4. The van der Waals surface area contributed by atoms with Crippen molar-refractivity contribution in [2.75, 3.05) is 28.4 Å². The van der Waals surface area contributed by atoms with Crippen LogP contribution in [0.5, 0.6) is 0 Å². The van der Waals surface area contributed by atoms with Crippen LogP contribution in [0.4, 0.5) is 0 Å². The number of hydrogen-bond acceptors (Lipinski definition) is 10. The van der Waals surface area contributed by atoms with Gasteiger partial charge in [0.15, 0.2) is 11.7 Å². The molecule has 0 aromatic heterocycles. The van der Waals surface area contributed by atoms with Gasteiger partial charge in [-0.1, -0.05) is 6.08 Å². The van der Waals surface area contributed by atoms with E-state index in [1.807, 2.05) is 0 Å². The summed E-state index contributed by atoms with van der Waals surface area (Å²) < 4.78 is 25.1. The Labute approximate surface area is 174 Å². The van der Waals surface area contributed by atoms with Crippen molar-refractivity contribution in [3.05, 3.63) is 12.7 Å². The van der Waals surface area contributed by atoms with Crippen LogP contribution in [-0.2, 0) is 42.9 Å². The van der Waals surface area contributed by atoms with Crippen LogP contribution in [-0.4, -0.2) is 69.3 Å². The third-order valence-corrected chi connectivity index (χ3v) is 6.01. The number of carbonyl (C=O) groups excluding carboxylic acids is 4. The SMILES string of the molecule is C=CCCC1[C@H](C(=O)OC)[C@@H](C(=O)OC)[C@H]2O[C@]1(O)C[C@@H]2C(C(=O)OC)C(=O)OC. The Balaban J connectivity index is 2.61. The fraction of sp³-hybridized carbons (Fsp3) is 0.700. The van der Waals surface area contributed by atoms with Crippen molar-refractivity contribution >= 4 is 23.9 Å². The van der Waals surface area contributed by atoms with Crippen LogP contribution in [0.1, 0.15) is 19.3 Å². The first-order chi connectivity index (χ1) is 14.2. The van der Waals surface area contributed by atoms with Crippen molar-refractivity contribution in [3.63, 3.8) is 0 Å². The summed E-state index contributed by atoms with van der Waals surface area (Å²) in [4.78, 5) is 50.2. The number of aliphatic hydroxyl groups is 1. The molecular weight excluding hydrogens is 400 g/mol. The van der Waals surface area contributed by atoms with Gasteiger partial charge in [-0.3, -0.25) is 19.2 Å². The fourth-order valence-corrected chi connectivity index (χ4v) is 4.71. The summed E-state index contributed by atoms with van der Waals surface area (Å²) in [5.41, 5.74) is 0. The van der Waals surface area contributed by atoms with Gasteiger partial charge in [0.1, 0.15) is 0 Å². The quantitative estimate of drug-likeness (QED) is 0.247. The lowest BCUT2D eigenvalue weighted by Gasteiger charge is -2.44. The van der Waals surface area contributed by atoms with E-state index in [0.717, 1.165) is 21.3 Å². The van der Waals surface area contributed by atoms with Crippen molar-refractivity contribution < 1.29 is 48.0 Å². The molecule has 10 nitrogen and oxygen atoms in total. The summed E-state index contributed by atoms with van der Waals surface area (Å²) in [7, 11) is 4.54. The third kappa shape index (κ3) is 4.06. The molecule has 2 aliphatic heterocycles. The van der Waals surface area contributed by atoms with Crippen LogP contribution < -0.4 is 0 Å². The fourth-order valence-electron chi connectivity index (χ4n) is 4.71. The number of rotatable bonds is 8. The summed E-state index contributed by atoms with van der Waals surface area (Å²) in [5.74, 6) is -10.8. The first kappa shape index (κ1) is 23.8. The molecule has 1 N–H and O–H groups in total. The summed E-state index contributed by atoms with van der Waals surface area (Å²) >= 11 is 0. The molecule has 168 valence electrons. The van der Waals surface area contributed by atoms with E-state index >= 15 is 0 Å². The van der Waals surface area contributed by atoms with E-state index in [4.69, 9.17) is 23.7 Å². The molecule has 6 atom stereocenters. The second kappa shape index (κ2) is 9.57. The van der Waals surface area contributed by atoms with Crippen molar-refractivity contribution in [1.29, 1.82) is 0 Å². The molecule has 0 aromatic rings. The topological polar surface area (TPSA) is 135 Å². The lowest BCUT2D eigenvalue weighted by atomic mass is 9.72. The first-order valence-corrected chi connectivity index (χ1v) is 9.53. The molecule has 0 aromatic carbocycles. The first-order valence-electron chi connectivity index (χ1n) is 9.53. The predicted molar refractivity (Wildman–Crippen MR) is 99.4 cm³/mol. The van der Waals surface area contributed by atoms with Crippen molar-refractivity contribution in [1.82, 2.24) is 0 Å². The van der Waals surface area contributed by atoms with Crippen LogP contribution in [0.15, 0.2) is 12.7 Å². The van der Waals surface area contributed by atoms with Gasteiger partial charge in [0.2, 0.25) is 0 Å². The summed E-state index contributed by atoms with van der Waals surface area (Å²) in [6, 6.07) is 0. The molecule has 0 aliphatic carbocycles. The number of methoxy groups -OCH3 is 4. The van der Waals surface area contributed by atoms with Gasteiger partial charge in [0.25, 0.3) is 0 Å². The van der Waals surface area contributed by atoms with E-state index in [1.54, 1.807) is 6.08 Å². The van der Waals surface area contributed by atoms with E-state index in [-0.39, 0.29) is 12.8 Å². The molecule has 0 radical (unpaired) electrons. The highest BCUT2D eigenvalue weighted by Gasteiger charge is 2.67. The van der Waals surface area contributed by atoms with Gasteiger partial charge in [-0.05, 0) is 12.8 Å². The summed E-state index contributed by atoms with van der Waals surface area (Å²) in [5, 5.41) is 11.3. The van der Waals surface area contributed by atoms with Crippen molar-refractivity contribution in [2.45, 2.75) is 31.2 Å². The van der Waals surface area contributed by atoms with Gasteiger partial charge in [0, 0.05) is 18.3 Å². The predicted octanol–water partition coefficient (Wildman–Crippen LogP) is 0.217. The summed E-state index contributed by atoms with van der Waals surface area (Å²) in [6.07, 6.45) is 0.928. The van der Waals surface area contributed by atoms with Gasteiger partial charge in [-0.2, -0.15) is 0 Å². The maximum atomic E-state index is 12.7. The number of hydrogen-bond donors (Lipinski definition) is 1. The van der Waals surface area contributed by atoms with E-state index in [0.29, 0.717) is 6.42 Å². The van der Waals surface area contributed by atoms with Crippen LogP contribution in [0.2, 0.25) is 0 Å². The lowest BCUT2D eigenvalue weighted by Crippen LogP contribution is -2.56. The molecule has 2 aliphatic rings. The molecule has 30 heavy (non-hydrogen) atoms. The molecule has 2 fully saturated rings. The van der Waals surface area contributed by atoms with Gasteiger partial charge in [-0.25, -0.2) is 0 Å². The molecule has 2 bridgehead atoms. The maximum absolute atomic E-state index is 12.7. The van der Waals surface area contributed by atoms with Crippen molar-refractivity contribution in [2.24, 2.45) is 29.6 Å². The minimum Gasteiger partial charge on any atom is -0.469 e. The molecule has 0 spiro atoms. The lowest BCUT2D eigenvalue weighted by molar-refractivity contribution is -0.279. The highest BCUT2D eigenvalue weighted by Crippen LogP contribution is 2.55. The molecule has 2 saturated heterocycles. The molecule has 2 rings (SSSR count). The zero-order chi connectivity index (χ0) is 22.6. The zero-order valence-electron chi connectivity index (χ0n) is 17.5. The number of fused-ring (bicyclic) bond motifs is 2. The monoisotopic (exact) mass is 428 g/mol.